The van der Waals surface area contributed by atoms with E-state index in [9.17, 15) is 9.90 Å². The van der Waals surface area contributed by atoms with Gasteiger partial charge in [0, 0.05) is 25.7 Å². The first-order valence-electron chi connectivity index (χ1n) is 8.26. The molecule has 1 aromatic rings. The number of ether oxygens (including phenoxy) is 1. The standard InChI is InChI=1S/C17H26ClN3O3/c1-17(2,3)24-16(23)21-9-7-12(8-10-21)19-11-14(22)13-5-4-6-15(18)20-13/h4-6,12,14,19,22H,7-11H2,1-3H3/t14-/m1/s1. The summed E-state index contributed by atoms with van der Waals surface area (Å²) in [6.45, 7) is 7.31. The van der Waals surface area contributed by atoms with E-state index in [4.69, 9.17) is 16.3 Å². The summed E-state index contributed by atoms with van der Waals surface area (Å²) in [7, 11) is 0. The van der Waals surface area contributed by atoms with E-state index in [1.54, 1.807) is 23.1 Å². The average molecular weight is 356 g/mol. The number of piperidine rings is 1. The van der Waals surface area contributed by atoms with Gasteiger partial charge in [-0.05, 0) is 45.7 Å². The van der Waals surface area contributed by atoms with E-state index in [-0.39, 0.29) is 12.1 Å². The van der Waals surface area contributed by atoms with Crippen molar-refractivity contribution in [1.29, 1.82) is 0 Å². The van der Waals surface area contributed by atoms with Crippen molar-refractivity contribution in [2.45, 2.75) is 51.4 Å². The van der Waals surface area contributed by atoms with Gasteiger partial charge in [-0.25, -0.2) is 9.78 Å². The predicted octanol–water partition coefficient (Wildman–Crippen LogP) is 2.76. The number of rotatable bonds is 4. The van der Waals surface area contributed by atoms with E-state index in [1.165, 1.54) is 0 Å². The third-order valence-corrected chi connectivity index (χ3v) is 4.04. The van der Waals surface area contributed by atoms with E-state index in [0.717, 1.165) is 12.8 Å². The molecule has 7 heteroatoms. The van der Waals surface area contributed by atoms with Gasteiger partial charge in [0.1, 0.15) is 16.9 Å². The lowest BCUT2D eigenvalue weighted by atomic mass is 10.0. The van der Waals surface area contributed by atoms with Crippen molar-refractivity contribution in [3.8, 4) is 0 Å². The Morgan fingerprint density at radius 2 is 2.12 bits per heavy atom. The molecule has 2 rings (SSSR count). The predicted molar refractivity (Wildman–Crippen MR) is 93.0 cm³/mol. The number of nitrogens with zero attached hydrogens (tertiary/aromatic N) is 2. The number of hydrogen-bond acceptors (Lipinski definition) is 5. The Balaban J connectivity index is 1.74. The number of halogens is 1. The molecule has 0 unspecified atom stereocenters. The molecule has 1 fully saturated rings. The number of hydrogen-bond donors (Lipinski definition) is 2. The summed E-state index contributed by atoms with van der Waals surface area (Å²) in [4.78, 5) is 17.9. The van der Waals surface area contributed by atoms with Crippen molar-refractivity contribution < 1.29 is 14.6 Å². The van der Waals surface area contributed by atoms with E-state index >= 15 is 0 Å². The fourth-order valence-corrected chi connectivity index (χ4v) is 2.76. The Hall–Kier alpha value is -1.37. The van der Waals surface area contributed by atoms with Crippen LogP contribution in [0, 0.1) is 0 Å². The molecule has 134 valence electrons. The van der Waals surface area contributed by atoms with Crippen LogP contribution in [0.5, 0.6) is 0 Å². The molecular formula is C17H26ClN3O3. The molecule has 1 aliphatic rings. The van der Waals surface area contributed by atoms with Crippen molar-refractivity contribution in [1.82, 2.24) is 15.2 Å². The minimum absolute atomic E-state index is 0.260. The van der Waals surface area contributed by atoms with E-state index in [0.29, 0.717) is 30.5 Å². The second-order valence-electron chi connectivity index (χ2n) is 7.05. The molecule has 2 heterocycles. The largest absolute Gasteiger partial charge is 0.444 e. The Labute approximate surface area is 148 Å². The van der Waals surface area contributed by atoms with Crippen molar-refractivity contribution in [2.24, 2.45) is 0 Å². The minimum Gasteiger partial charge on any atom is -0.444 e. The number of carbonyl (C=O) groups is 1. The van der Waals surface area contributed by atoms with Gasteiger partial charge >= 0.3 is 6.09 Å². The van der Waals surface area contributed by atoms with Gasteiger partial charge in [0.2, 0.25) is 0 Å². The highest BCUT2D eigenvalue weighted by atomic mass is 35.5. The lowest BCUT2D eigenvalue weighted by molar-refractivity contribution is 0.0194. The summed E-state index contributed by atoms with van der Waals surface area (Å²) < 4.78 is 5.39. The van der Waals surface area contributed by atoms with Crippen molar-refractivity contribution >= 4 is 17.7 Å². The van der Waals surface area contributed by atoms with Gasteiger partial charge < -0.3 is 20.1 Å². The molecule has 2 N–H and O–H groups in total. The number of aliphatic hydroxyl groups excluding tert-OH is 1. The number of nitrogens with one attached hydrogen (secondary N) is 1. The third kappa shape index (κ3) is 5.92. The minimum atomic E-state index is -0.701. The molecular weight excluding hydrogens is 330 g/mol. The maximum atomic E-state index is 12.0. The number of amides is 1. The smallest absolute Gasteiger partial charge is 0.410 e. The fourth-order valence-electron chi connectivity index (χ4n) is 2.59. The molecule has 1 atom stereocenters. The van der Waals surface area contributed by atoms with E-state index in [2.05, 4.69) is 10.3 Å². The molecule has 6 nitrogen and oxygen atoms in total. The molecule has 0 aromatic carbocycles. The van der Waals surface area contributed by atoms with Crippen LogP contribution in [-0.4, -0.2) is 52.4 Å². The monoisotopic (exact) mass is 355 g/mol. The molecule has 0 bridgehead atoms. The third-order valence-electron chi connectivity index (χ3n) is 3.82. The number of likely N-dealkylation sites (tertiary alicyclic amines) is 1. The van der Waals surface area contributed by atoms with Gasteiger partial charge in [-0.1, -0.05) is 17.7 Å². The maximum absolute atomic E-state index is 12.0. The zero-order valence-corrected chi connectivity index (χ0v) is 15.2. The van der Waals surface area contributed by atoms with Crippen LogP contribution < -0.4 is 5.32 Å². The number of carbonyl (C=O) groups excluding carboxylic acids is 1. The van der Waals surface area contributed by atoms with Gasteiger partial charge in [0.05, 0.1) is 5.69 Å². The first-order chi connectivity index (χ1) is 11.2. The Morgan fingerprint density at radius 3 is 2.71 bits per heavy atom. The summed E-state index contributed by atoms with van der Waals surface area (Å²) in [6.07, 6.45) is 0.695. The van der Waals surface area contributed by atoms with Gasteiger partial charge in [-0.3, -0.25) is 0 Å². The number of aromatic nitrogens is 1. The molecule has 1 aliphatic heterocycles. The zero-order chi connectivity index (χ0) is 17.7. The molecule has 0 aliphatic carbocycles. The second-order valence-corrected chi connectivity index (χ2v) is 7.44. The second kappa shape index (κ2) is 8.14. The Morgan fingerprint density at radius 1 is 1.46 bits per heavy atom. The van der Waals surface area contributed by atoms with Crippen LogP contribution in [0.2, 0.25) is 5.15 Å². The lowest BCUT2D eigenvalue weighted by Gasteiger charge is -2.34. The highest BCUT2D eigenvalue weighted by molar-refractivity contribution is 6.29. The molecule has 1 aromatic heterocycles. The zero-order valence-electron chi connectivity index (χ0n) is 14.5. The molecule has 0 saturated carbocycles. The van der Waals surface area contributed by atoms with Crippen LogP contribution in [0.4, 0.5) is 4.79 Å². The van der Waals surface area contributed by atoms with Gasteiger partial charge in [0.25, 0.3) is 0 Å². The van der Waals surface area contributed by atoms with Gasteiger partial charge in [-0.2, -0.15) is 0 Å². The van der Waals surface area contributed by atoms with Crippen LogP contribution in [0.3, 0.4) is 0 Å². The maximum Gasteiger partial charge on any atom is 0.410 e. The SMILES string of the molecule is CC(C)(C)OC(=O)N1CCC(NC[C@@H](O)c2cccc(Cl)n2)CC1. The average Bonchev–Trinajstić information content (AvgIpc) is 2.51. The number of aliphatic hydroxyl groups is 1. The Kier molecular flexibility index (Phi) is 6.43. The van der Waals surface area contributed by atoms with Crippen LogP contribution in [0.1, 0.15) is 45.4 Å². The van der Waals surface area contributed by atoms with E-state index < -0.39 is 11.7 Å². The summed E-state index contributed by atoms with van der Waals surface area (Å²) in [5, 5.41) is 13.9. The molecule has 1 saturated heterocycles. The van der Waals surface area contributed by atoms with E-state index in [1.807, 2.05) is 20.8 Å². The van der Waals surface area contributed by atoms with Gasteiger partial charge in [-0.15, -0.1) is 0 Å². The first-order valence-corrected chi connectivity index (χ1v) is 8.64. The summed E-state index contributed by atoms with van der Waals surface area (Å²) in [6, 6.07) is 5.46. The Bertz CT molecular complexity index is 554. The summed E-state index contributed by atoms with van der Waals surface area (Å²) >= 11 is 5.84. The molecule has 0 spiro atoms. The number of pyridine rings is 1. The van der Waals surface area contributed by atoms with Crippen LogP contribution in [0.25, 0.3) is 0 Å². The van der Waals surface area contributed by atoms with Gasteiger partial charge in [0.15, 0.2) is 0 Å². The normalized spacial score (nSPS) is 17.6. The molecule has 1 amide bonds. The molecule has 24 heavy (non-hydrogen) atoms. The topological polar surface area (TPSA) is 74.7 Å². The fraction of sp³-hybridized carbons (Fsp3) is 0.647. The highest BCUT2D eigenvalue weighted by Crippen LogP contribution is 2.17. The summed E-state index contributed by atoms with van der Waals surface area (Å²) in [5.41, 5.74) is 0.0847. The first kappa shape index (κ1) is 19.0. The van der Waals surface area contributed by atoms with Crippen LogP contribution in [0.15, 0.2) is 18.2 Å². The quantitative estimate of drug-likeness (QED) is 0.812. The van der Waals surface area contributed by atoms with Crippen LogP contribution >= 0.6 is 11.6 Å². The highest BCUT2D eigenvalue weighted by Gasteiger charge is 2.27. The van der Waals surface area contributed by atoms with Crippen molar-refractivity contribution in [2.75, 3.05) is 19.6 Å². The van der Waals surface area contributed by atoms with Crippen molar-refractivity contribution in [3.05, 3.63) is 29.0 Å². The van der Waals surface area contributed by atoms with Crippen molar-refractivity contribution in [3.63, 3.8) is 0 Å². The lowest BCUT2D eigenvalue weighted by Crippen LogP contribution is -2.47. The van der Waals surface area contributed by atoms with Crippen LogP contribution in [-0.2, 0) is 4.74 Å². The summed E-state index contributed by atoms with van der Waals surface area (Å²) in [5.74, 6) is 0. The molecule has 0 radical (unpaired) electrons.